The Morgan fingerprint density at radius 2 is 1.89 bits per heavy atom. The molecule has 6 heteroatoms. The van der Waals surface area contributed by atoms with Crippen molar-refractivity contribution < 1.29 is 14.3 Å². The van der Waals surface area contributed by atoms with Gasteiger partial charge >= 0.3 is 6.09 Å². The Bertz CT molecular complexity index is 990. The Hall–Kier alpha value is -3.67. The summed E-state index contributed by atoms with van der Waals surface area (Å²) in [5.41, 5.74) is 3.07. The van der Waals surface area contributed by atoms with Gasteiger partial charge in [0.1, 0.15) is 5.75 Å². The molecule has 0 aliphatic carbocycles. The monoisotopic (exact) mass is 373 g/mol. The molecule has 0 fully saturated rings. The number of hydrogen-bond acceptors (Lipinski definition) is 4. The van der Waals surface area contributed by atoms with Gasteiger partial charge in [-0.2, -0.15) is 0 Å². The van der Waals surface area contributed by atoms with Crippen LogP contribution in [0.3, 0.4) is 0 Å². The van der Waals surface area contributed by atoms with Gasteiger partial charge < -0.3 is 9.64 Å². The van der Waals surface area contributed by atoms with E-state index in [1.807, 2.05) is 18.2 Å². The van der Waals surface area contributed by atoms with Crippen LogP contribution in [-0.2, 0) is 6.42 Å². The first-order chi connectivity index (χ1) is 13.7. The van der Waals surface area contributed by atoms with Crippen LogP contribution in [0.5, 0.6) is 5.75 Å². The lowest BCUT2D eigenvalue weighted by molar-refractivity contribution is 0.0984. The zero-order valence-electron chi connectivity index (χ0n) is 15.2. The number of carbonyl (C=O) groups excluding carboxylic acids is 2. The molecule has 0 atom stereocenters. The lowest BCUT2D eigenvalue weighted by Gasteiger charge is -2.30. The molecule has 28 heavy (non-hydrogen) atoms. The van der Waals surface area contributed by atoms with Gasteiger partial charge in [-0.25, -0.2) is 4.79 Å². The summed E-state index contributed by atoms with van der Waals surface area (Å²) in [5.74, 6) is 0.407. The van der Waals surface area contributed by atoms with Gasteiger partial charge in [-0.05, 0) is 60.9 Å². The Kier molecular flexibility index (Phi) is 5.01. The molecular formula is C22H19N3O3. The predicted octanol–water partition coefficient (Wildman–Crippen LogP) is 4.29. The lowest BCUT2D eigenvalue weighted by Crippen LogP contribution is -2.35. The molecule has 0 saturated heterocycles. The highest BCUT2D eigenvalue weighted by molar-refractivity contribution is 6.06. The molecule has 4 rings (SSSR count). The number of para-hydroxylation sites is 1. The number of nitrogens with zero attached hydrogens (tertiary/aromatic N) is 2. The molecule has 3 aromatic rings. The Morgan fingerprint density at radius 3 is 2.68 bits per heavy atom. The van der Waals surface area contributed by atoms with Gasteiger partial charge in [0.15, 0.2) is 0 Å². The van der Waals surface area contributed by atoms with E-state index in [-0.39, 0.29) is 5.91 Å². The molecule has 1 aliphatic rings. The second-order valence-electron chi connectivity index (χ2n) is 6.47. The molecular weight excluding hydrogens is 354 g/mol. The van der Waals surface area contributed by atoms with Gasteiger partial charge in [0.2, 0.25) is 0 Å². The van der Waals surface area contributed by atoms with Crippen molar-refractivity contribution in [3.05, 3.63) is 84.2 Å². The predicted molar refractivity (Wildman–Crippen MR) is 107 cm³/mol. The average Bonchev–Trinajstić information content (AvgIpc) is 2.74. The molecule has 6 nitrogen and oxygen atoms in total. The number of ether oxygens (including phenoxy) is 1. The quantitative estimate of drug-likeness (QED) is 0.744. The lowest BCUT2D eigenvalue weighted by atomic mass is 10.00. The van der Waals surface area contributed by atoms with E-state index in [4.69, 9.17) is 4.74 Å². The maximum atomic E-state index is 12.8. The fourth-order valence-corrected chi connectivity index (χ4v) is 3.27. The number of anilines is 2. The maximum absolute atomic E-state index is 12.8. The molecule has 1 aliphatic heterocycles. The van der Waals surface area contributed by atoms with Crippen molar-refractivity contribution >= 4 is 23.4 Å². The van der Waals surface area contributed by atoms with Crippen molar-refractivity contribution in [1.82, 2.24) is 4.98 Å². The van der Waals surface area contributed by atoms with Gasteiger partial charge in [-0.3, -0.25) is 15.1 Å². The maximum Gasteiger partial charge on any atom is 0.417 e. The number of rotatable bonds is 3. The van der Waals surface area contributed by atoms with E-state index in [0.29, 0.717) is 23.5 Å². The summed E-state index contributed by atoms with van der Waals surface area (Å²) in [6.07, 6.45) is 4.37. The fourth-order valence-electron chi connectivity index (χ4n) is 3.27. The molecule has 0 saturated carbocycles. The number of pyridine rings is 1. The third-order valence-electron chi connectivity index (χ3n) is 4.55. The molecule has 140 valence electrons. The van der Waals surface area contributed by atoms with Crippen LogP contribution in [0.1, 0.15) is 22.3 Å². The van der Waals surface area contributed by atoms with Crippen molar-refractivity contribution in [2.45, 2.75) is 12.8 Å². The van der Waals surface area contributed by atoms with Crippen molar-refractivity contribution in [1.29, 1.82) is 0 Å². The minimum atomic E-state index is -0.551. The molecule has 2 heterocycles. The highest BCUT2D eigenvalue weighted by Gasteiger charge is 2.24. The molecule has 0 radical (unpaired) electrons. The van der Waals surface area contributed by atoms with Crippen LogP contribution in [-0.4, -0.2) is 23.5 Å². The minimum absolute atomic E-state index is 0.0711. The number of aromatic nitrogens is 1. The molecule has 0 spiro atoms. The topological polar surface area (TPSA) is 71.5 Å². The molecule has 1 aromatic heterocycles. The summed E-state index contributed by atoms with van der Waals surface area (Å²) >= 11 is 0. The Labute approximate surface area is 162 Å². The number of nitrogens with one attached hydrogen (secondary N) is 1. The van der Waals surface area contributed by atoms with E-state index < -0.39 is 6.09 Å². The van der Waals surface area contributed by atoms with Crippen LogP contribution in [0.4, 0.5) is 16.2 Å². The van der Waals surface area contributed by atoms with E-state index in [9.17, 15) is 9.59 Å². The van der Waals surface area contributed by atoms with Crippen molar-refractivity contribution in [2.24, 2.45) is 0 Å². The van der Waals surface area contributed by atoms with Crippen LogP contribution in [0.25, 0.3) is 0 Å². The van der Waals surface area contributed by atoms with Crippen LogP contribution in [0, 0.1) is 0 Å². The van der Waals surface area contributed by atoms with E-state index in [0.717, 1.165) is 24.1 Å². The smallest absolute Gasteiger partial charge is 0.410 e. The normalized spacial score (nSPS) is 12.8. The second-order valence-corrected chi connectivity index (χ2v) is 6.47. The number of carbonyl (C=O) groups is 2. The molecule has 2 amide bonds. The highest BCUT2D eigenvalue weighted by atomic mass is 16.6. The first-order valence-corrected chi connectivity index (χ1v) is 9.09. The minimum Gasteiger partial charge on any atom is -0.410 e. The Morgan fingerprint density at radius 1 is 1.04 bits per heavy atom. The summed E-state index contributed by atoms with van der Waals surface area (Å²) in [4.78, 5) is 30.7. The molecule has 2 aromatic carbocycles. The molecule has 0 bridgehead atoms. The van der Waals surface area contributed by atoms with Crippen LogP contribution < -0.4 is 15.0 Å². The van der Waals surface area contributed by atoms with Crippen molar-refractivity contribution in [2.75, 3.05) is 16.8 Å². The third-order valence-corrected chi connectivity index (χ3v) is 4.55. The van der Waals surface area contributed by atoms with E-state index in [1.165, 1.54) is 0 Å². The summed E-state index contributed by atoms with van der Waals surface area (Å²) in [6, 6.07) is 17.9. The summed E-state index contributed by atoms with van der Waals surface area (Å²) in [7, 11) is 0. The average molecular weight is 373 g/mol. The Balaban J connectivity index is 1.50. The summed E-state index contributed by atoms with van der Waals surface area (Å²) < 4.78 is 5.26. The van der Waals surface area contributed by atoms with E-state index in [1.54, 1.807) is 59.8 Å². The van der Waals surface area contributed by atoms with Gasteiger partial charge in [0, 0.05) is 30.3 Å². The number of aryl methyl sites for hydroxylation is 1. The highest BCUT2D eigenvalue weighted by Crippen LogP contribution is 2.31. The van der Waals surface area contributed by atoms with Crippen LogP contribution in [0.15, 0.2) is 73.1 Å². The largest absolute Gasteiger partial charge is 0.417 e. The van der Waals surface area contributed by atoms with E-state index in [2.05, 4.69) is 10.3 Å². The van der Waals surface area contributed by atoms with Crippen molar-refractivity contribution in [3.63, 3.8) is 0 Å². The zero-order chi connectivity index (χ0) is 19.3. The van der Waals surface area contributed by atoms with Gasteiger partial charge in [-0.15, -0.1) is 0 Å². The first-order valence-electron chi connectivity index (χ1n) is 9.09. The molecule has 1 N–H and O–H groups in total. The van der Waals surface area contributed by atoms with Crippen LogP contribution in [0.2, 0.25) is 0 Å². The van der Waals surface area contributed by atoms with Gasteiger partial charge in [0.25, 0.3) is 5.91 Å². The van der Waals surface area contributed by atoms with E-state index >= 15 is 0 Å². The number of fused-ring (bicyclic) bond motifs is 1. The number of amides is 2. The standard InChI is InChI=1S/C22H19N3O3/c26-21(17-6-4-12-23-15-17)25-13-5-7-16-14-18(10-11-20(16)25)24-22(27)28-19-8-2-1-3-9-19/h1-4,6,8-12,14-15H,5,7,13H2,(H,24,27). The SMILES string of the molecule is O=C(Nc1ccc2c(c1)CCCN2C(=O)c1cccnc1)Oc1ccccc1. The van der Waals surface area contributed by atoms with Crippen molar-refractivity contribution in [3.8, 4) is 5.75 Å². The fraction of sp³-hybridized carbons (Fsp3) is 0.136. The summed E-state index contributed by atoms with van der Waals surface area (Å²) in [5, 5.41) is 2.74. The van der Waals surface area contributed by atoms with Gasteiger partial charge in [0.05, 0.1) is 5.56 Å². The zero-order valence-corrected chi connectivity index (χ0v) is 15.2. The third kappa shape index (κ3) is 3.86. The second kappa shape index (κ2) is 7.92. The molecule has 0 unspecified atom stereocenters. The first kappa shape index (κ1) is 17.7. The van der Waals surface area contributed by atoms with Crippen LogP contribution >= 0.6 is 0 Å². The van der Waals surface area contributed by atoms with Gasteiger partial charge in [-0.1, -0.05) is 18.2 Å². The number of hydrogen-bond donors (Lipinski definition) is 1. The number of benzene rings is 2. The summed E-state index contributed by atoms with van der Waals surface area (Å²) in [6.45, 7) is 0.656.